The van der Waals surface area contributed by atoms with Crippen molar-refractivity contribution >= 4 is 34.9 Å². The monoisotopic (exact) mass is 399 g/mol. The third-order valence-corrected chi connectivity index (χ3v) is 4.94. The Balaban J connectivity index is 0.00000280. The van der Waals surface area contributed by atoms with E-state index in [-0.39, 0.29) is 36.7 Å². The smallest absolute Gasteiger partial charge is 0.268 e. The molecule has 28 heavy (non-hydrogen) atoms. The second kappa shape index (κ2) is 9.04. The predicted molar refractivity (Wildman–Crippen MR) is 115 cm³/mol. The molecule has 0 saturated heterocycles. The maximum absolute atomic E-state index is 12.9. The maximum atomic E-state index is 12.9. The zero-order valence-corrected chi connectivity index (χ0v) is 17.2. The van der Waals surface area contributed by atoms with Gasteiger partial charge in [0.1, 0.15) is 5.69 Å². The van der Waals surface area contributed by atoms with Crippen LogP contribution in [0.3, 0.4) is 0 Å². The molecule has 0 spiro atoms. The zero-order valence-electron chi connectivity index (χ0n) is 16.3. The molecular weight excluding hydrogens is 374 g/mol. The van der Waals surface area contributed by atoms with Crippen LogP contribution in [0.5, 0.6) is 0 Å². The molecule has 1 amide bonds. The quantitative estimate of drug-likeness (QED) is 0.545. The number of carbonyl (C=O) groups excluding carboxylic acids is 2. The molecule has 6 heteroatoms. The van der Waals surface area contributed by atoms with Crippen LogP contribution >= 0.6 is 12.4 Å². The minimum absolute atomic E-state index is 0. The van der Waals surface area contributed by atoms with Crippen molar-refractivity contribution in [3.63, 3.8) is 0 Å². The van der Waals surface area contributed by atoms with Crippen LogP contribution in [0.15, 0.2) is 42.5 Å². The average Bonchev–Trinajstić information content (AvgIpc) is 3.02. The van der Waals surface area contributed by atoms with E-state index in [1.807, 2.05) is 50.2 Å². The normalized spacial score (nSPS) is 11.7. The van der Waals surface area contributed by atoms with Gasteiger partial charge in [-0.2, -0.15) is 0 Å². The van der Waals surface area contributed by atoms with Crippen molar-refractivity contribution in [1.82, 2.24) is 10.3 Å². The van der Waals surface area contributed by atoms with Gasteiger partial charge in [0.2, 0.25) is 0 Å². The summed E-state index contributed by atoms with van der Waals surface area (Å²) in [5, 5.41) is 5.26. The molecule has 148 valence electrons. The fraction of sp³-hybridized carbons (Fsp3) is 0.273. The van der Waals surface area contributed by atoms with Crippen molar-refractivity contribution in [3.8, 4) is 0 Å². The first kappa shape index (κ1) is 21.7. The van der Waals surface area contributed by atoms with Gasteiger partial charge < -0.3 is 16.0 Å². The lowest BCUT2D eigenvalue weighted by Gasteiger charge is -2.18. The number of halogens is 1. The highest BCUT2D eigenvalue weighted by molar-refractivity contribution is 6.02. The van der Waals surface area contributed by atoms with E-state index in [2.05, 4.69) is 16.4 Å². The number of carbonyl (C=O) groups is 2. The van der Waals surface area contributed by atoms with Gasteiger partial charge in [-0.25, -0.2) is 0 Å². The molecule has 0 radical (unpaired) electrons. The number of nitrogens with one attached hydrogen (secondary N) is 2. The number of rotatable bonds is 6. The Morgan fingerprint density at radius 2 is 1.82 bits per heavy atom. The van der Waals surface area contributed by atoms with E-state index in [0.717, 1.165) is 27.6 Å². The van der Waals surface area contributed by atoms with Crippen LogP contribution in [0.4, 0.5) is 0 Å². The largest absolute Gasteiger partial charge is 0.354 e. The third kappa shape index (κ3) is 4.11. The first-order valence-corrected chi connectivity index (χ1v) is 9.18. The number of aromatic amines is 1. The highest BCUT2D eigenvalue weighted by Gasteiger charge is 2.23. The van der Waals surface area contributed by atoms with Gasteiger partial charge in [-0.3, -0.25) is 9.59 Å². The molecule has 0 aliphatic rings. The number of aryl methyl sites for hydroxylation is 1. The van der Waals surface area contributed by atoms with E-state index in [4.69, 9.17) is 5.73 Å². The van der Waals surface area contributed by atoms with Gasteiger partial charge in [0.25, 0.3) is 5.91 Å². The van der Waals surface area contributed by atoms with E-state index in [1.54, 1.807) is 0 Å². The molecule has 3 aromatic rings. The van der Waals surface area contributed by atoms with Gasteiger partial charge in [0.15, 0.2) is 5.78 Å². The van der Waals surface area contributed by atoms with Gasteiger partial charge in [-0.05, 0) is 48.2 Å². The lowest BCUT2D eigenvalue weighted by atomic mass is 10.0. The molecule has 3 rings (SSSR count). The number of hydrogen-bond donors (Lipinski definition) is 3. The van der Waals surface area contributed by atoms with E-state index >= 15 is 0 Å². The number of nitrogens with two attached hydrogens (primary N) is 1. The Bertz CT molecular complexity index is 1010. The number of amides is 1. The fourth-order valence-corrected chi connectivity index (χ4v) is 3.63. The molecule has 0 aliphatic carbocycles. The number of fused-ring (bicyclic) bond motifs is 1. The molecule has 4 N–H and O–H groups in total. The molecule has 1 unspecified atom stereocenters. The number of hydrogen-bond acceptors (Lipinski definition) is 3. The molecule has 2 aromatic carbocycles. The third-order valence-electron chi connectivity index (χ3n) is 4.94. The average molecular weight is 400 g/mol. The molecular formula is C22H26ClN3O2. The highest BCUT2D eigenvalue weighted by Crippen LogP contribution is 2.23. The van der Waals surface area contributed by atoms with E-state index in [9.17, 15) is 9.59 Å². The van der Waals surface area contributed by atoms with Gasteiger partial charge in [-0.1, -0.05) is 43.3 Å². The minimum atomic E-state index is -0.309. The summed E-state index contributed by atoms with van der Waals surface area (Å²) in [5.74, 6) is -0.282. The molecule has 0 saturated carbocycles. The first-order valence-electron chi connectivity index (χ1n) is 9.18. The van der Waals surface area contributed by atoms with Crippen molar-refractivity contribution in [2.24, 2.45) is 5.73 Å². The second-order valence-corrected chi connectivity index (χ2v) is 6.76. The van der Waals surface area contributed by atoms with Crippen LogP contribution in [0.1, 0.15) is 57.6 Å². The topological polar surface area (TPSA) is 88.0 Å². The fourth-order valence-electron chi connectivity index (χ4n) is 3.63. The van der Waals surface area contributed by atoms with Crippen LogP contribution in [-0.4, -0.2) is 23.2 Å². The summed E-state index contributed by atoms with van der Waals surface area (Å²) in [6, 6.07) is 13.8. The van der Waals surface area contributed by atoms with Crippen LogP contribution in [0, 0.1) is 6.92 Å². The predicted octanol–water partition coefficient (Wildman–Crippen LogP) is 4.09. The molecule has 0 aliphatic heterocycles. The summed E-state index contributed by atoms with van der Waals surface area (Å²) in [7, 11) is 0. The van der Waals surface area contributed by atoms with E-state index < -0.39 is 0 Å². The summed E-state index contributed by atoms with van der Waals surface area (Å²) in [5.41, 5.74) is 9.44. The minimum Gasteiger partial charge on any atom is -0.354 e. The summed E-state index contributed by atoms with van der Waals surface area (Å²) in [6.07, 6.45) is 0.602. The van der Waals surface area contributed by atoms with Crippen molar-refractivity contribution in [3.05, 3.63) is 70.5 Å². The standard InChI is InChI=1S/C22H25N3O2.ClH/c1-4-18-20(14(3)26)13(2)24-21(18)22(27)25-19(12-23)17-10-9-15-7-5-6-8-16(15)11-17;/h5-11,19,24H,4,12,23H2,1-3H3,(H,25,27);1H. The molecule has 0 bridgehead atoms. The Morgan fingerprint density at radius 1 is 1.14 bits per heavy atom. The Morgan fingerprint density at radius 3 is 2.43 bits per heavy atom. The lowest BCUT2D eigenvalue weighted by Crippen LogP contribution is -2.34. The molecule has 0 fully saturated rings. The van der Waals surface area contributed by atoms with Crippen LogP contribution < -0.4 is 11.1 Å². The number of H-pyrrole nitrogens is 1. The number of benzene rings is 2. The second-order valence-electron chi connectivity index (χ2n) is 6.76. The van der Waals surface area contributed by atoms with E-state index in [0.29, 0.717) is 17.7 Å². The van der Waals surface area contributed by atoms with Gasteiger partial charge >= 0.3 is 0 Å². The zero-order chi connectivity index (χ0) is 19.6. The van der Waals surface area contributed by atoms with Crippen molar-refractivity contribution < 1.29 is 9.59 Å². The van der Waals surface area contributed by atoms with Crippen molar-refractivity contribution in [2.45, 2.75) is 33.2 Å². The maximum Gasteiger partial charge on any atom is 0.268 e. The van der Waals surface area contributed by atoms with Gasteiger partial charge in [-0.15, -0.1) is 12.4 Å². The SMILES string of the molecule is CCc1c(C(=O)NC(CN)c2ccc3ccccc3c2)[nH]c(C)c1C(C)=O.Cl. The van der Waals surface area contributed by atoms with Crippen LogP contribution in [0.2, 0.25) is 0 Å². The summed E-state index contributed by atoms with van der Waals surface area (Å²) >= 11 is 0. The van der Waals surface area contributed by atoms with Crippen molar-refractivity contribution in [2.75, 3.05) is 6.54 Å². The Labute approximate surface area is 171 Å². The summed E-state index contributed by atoms with van der Waals surface area (Å²) in [6.45, 7) is 5.56. The molecule has 1 heterocycles. The molecule has 5 nitrogen and oxygen atoms in total. The van der Waals surface area contributed by atoms with E-state index in [1.165, 1.54) is 6.92 Å². The Hall–Kier alpha value is -2.63. The summed E-state index contributed by atoms with van der Waals surface area (Å²) < 4.78 is 0. The van der Waals surface area contributed by atoms with Gasteiger partial charge in [0, 0.05) is 17.8 Å². The number of Topliss-reactive ketones (excluding diaryl/α,β-unsaturated/α-hetero) is 1. The van der Waals surface area contributed by atoms with Crippen molar-refractivity contribution in [1.29, 1.82) is 0 Å². The molecule has 1 aromatic heterocycles. The van der Waals surface area contributed by atoms with Crippen LogP contribution in [-0.2, 0) is 6.42 Å². The van der Waals surface area contributed by atoms with Crippen LogP contribution in [0.25, 0.3) is 10.8 Å². The first-order chi connectivity index (χ1) is 13.0. The molecule has 1 atom stereocenters. The number of ketones is 1. The Kier molecular flexibility index (Phi) is 7.00. The highest BCUT2D eigenvalue weighted by atomic mass is 35.5. The summed E-state index contributed by atoms with van der Waals surface area (Å²) in [4.78, 5) is 27.9. The lowest BCUT2D eigenvalue weighted by molar-refractivity contribution is 0.0932. The van der Waals surface area contributed by atoms with Gasteiger partial charge in [0.05, 0.1) is 6.04 Å². The number of aromatic nitrogens is 1.